The van der Waals surface area contributed by atoms with Crippen LogP contribution in [0.1, 0.15) is 55.8 Å². The van der Waals surface area contributed by atoms with E-state index in [4.69, 9.17) is 4.98 Å². The summed E-state index contributed by atoms with van der Waals surface area (Å²) in [6.45, 7) is 1.01. The molecule has 0 N–H and O–H groups in total. The third kappa shape index (κ3) is 3.78. The Labute approximate surface area is 173 Å². The first kappa shape index (κ1) is 19.4. The van der Waals surface area contributed by atoms with E-state index in [0.29, 0.717) is 18.4 Å². The molecule has 5 rings (SSSR count). The molecule has 0 aliphatic heterocycles. The zero-order valence-electron chi connectivity index (χ0n) is 17.2. The molecular formula is C23H25F2N3O2. The van der Waals surface area contributed by atoms with Gasteiger partial charge in [0.25, 0.3) is 5.56 Å². The Morgan fingerprint density at radius 2 is 1.87 bits per heavy atom. The van der Waals surface area contributed by atoms with E-state index in [2.05, 4.69) is 10.8 Å². The molecule has 1 aromatic carbocycles. The average molecular weight is 413 g/mol. The first-order valence-electron chi connectivity index (χ1n) is 10.5. The quantitative estimate of drug-likeness (QED) is 0.560. The summed E-state index contributed by atoms with van der Waals surface area (Å²) in [6.07, 6.45) is 3.00. The van der Waals surface area contributed by atoms with E-state index in [1.54, 1.807) is 11.6 Å². The van der Waals surface area contributed by atoms with Crippen molar-refractivity contribution in [3.05, 3.63) is 52.2 Å². The Hall–Kier alpha value is -2.54. The zero-order chi connectivity index (χ0) is 21.0. The maximum atomic E-state index is 13.1. The summed E-state index contributed by atoms with van der Waals surface area (Å²) in [5, 5.41) is 0. The lowest BCUT2D eigenvalue weighted by Gasteiger charge is -2.14. The Balaban J connectivity index is 1.55. The molecule has 0 amide bonds. The van der Waals surface area contributed by atoms with Crippen molar-refractivity contribution >= 4 is 11.0 Å². The number of alkyl halides is 2. The maximum Gasteiger partial charge on any atom is 0.352 e. The highest BCUT2D eigenvalue weighted by atomic mass is 19.3. The van der Waals surface area contributed by atoms with Crippen molar-refractivity contribution in [2.75, 3.05) is 6.61 Å². The fourth-order valence-corrected chi connectivity index (χ4v) is 4.11. The van der Waals surface area contributed by atoms with Crippen LogP contribution in [0.25, 0.3) is 22.2 Å². The van der Waals surface area contributed by atoms with Crippen molar-refractivity contribution in [1.82, 2.24) is 14.1 Å². The Morgan fingerprint density at radius 3 is 2.53 bits per heavy atom. The van der Waals surface area contributed by atoms with Gasteiger partial charge in [-0.1, -0.05) is 6.07 Å². The molecule has 0 unspecified atom stereocenters. The molecule has 7 heteroatoms. The van der Waals surface area contributed by atoms with E-state index in [9.17, 15) is 13.6 Å². The molecule has 0 saturated heterocycles. The van der Waals surface area contributed by atoms with Gasteiger partial charge in [0.2, 0.25) is 0 Å². The monoisotopic (exact) mass is 413 g/mol. The zero-order valence-corrected chi connectivity index (χ0v) is 17.2. The molecule has 158 valence electrons. The molecule has 0 radical (unpaired) electrons. The first-order chi connectivity index (χ1) is 14.3. The van der Waals surface area contributed by atoms with Gasteiger partial charge in [0.1, 0.15) is 5.82 Å². The van der Waals surface area contributed by atoms with Gasteiger partial charge in [0.05, 0.1) is 17.6 Å². The minimum absolute atomic E-state index is 0.0704. The highest BCUT2D eigenvalue weighted by molar-refractivity contribution is 5.83. The second kappa shape index (κ2) is 7.01. The largest absolute Gasteiger partial charge is 0.352 e. The van der Waals surface area contributed by atoms with Crippen LogP contribution in [0, 0.1) is 0 Å². The van der Waals surface area contributed by atoms with Gasteiger partial charge < -0.3 is 13.9 Å². The number of ether oxygens (including phenoxy) is 1. The van der Waals surface area contributed by atoms with Crippen LogP contribution < -0.4 is 5.56 Å². The molecular weight excluding hydrogens is 388 g/mol. The maximum absolute atomic E-state index is 13.1. The van der Waals surface area contributed by atoms with E-state index in [1.165, 1.54) is 0 Å². The number of imidazole rings is 1. The second-order valence-electron chi connectivity index (χ2n) is 8.63. The summed E-state index contributed by atoms with van der Waals surface area (Å²) in [4.78, 5) is 17.2. The fourth-order valence-electron chi connectivity index (χ4n) is 4.11. The van der Waals surface area contributed by atoms with Crippen molar-refractivity contribution < 1.29 is 13.5 Å². The van der Waals surface area contributed by atoms with E-state index >= 15 is 0 Å². The highest BCUT2D eigenvalue weighted by Crippen LogP contribution is 2.42. The van der Waals surface area contributed by atoms with Crippen LogP contribution in [0.4, 0.5) is 8.78 Å². The summed E-state index contributed by atoms with van der Waals surface area (Å²) >= 11 is 0. The normalized spacial score (nSPS) is 17.1. The van der Waals surface area contributed by atoms with Gasteiger partial charge >= 0.3 is 6.11 Å². The number of fused-ring (bicyclic) bond motifs is 1. The number of rotatable bonds is 7. The van der Waals surface area contributed by atoms with E-state index in [-0.39, 0.29) is 12.2 Å². The number of hydrogen-bond donors (Lipinski definition) is 0. The minimum atomic E-state index is -3.14. The van der Waals surface area contributed by atoms with E-state index in [1.807, 2.05) is 29.0 Å². The van der Waals surface area contributed by atoms with E-state index in [0.717, 1.165) is 66.2 Å². The van der Waals surface area contributed by atoms with Crippen LogP contribution in [0.3, 0.4) is 0 Å². The van der Waals surface area contributed by atoms with Crippen LogP contribution in [0.15, 0.2) is 35.3 Å². The summed E-state index contributed by atoms with van der Waals surface area (Å²) in [6, 6.07) is 8.05. The lowest BCUT2D eigenvalue weighted by molar-refractivity contribution is -0.225. The van der Waals surface area contributed by atoms with Gasteiger partial charge in [-0.15, -0.1) is 0 Å². The van der Waals surface area contributed by atoms with Gasteiger partial charge in [0, 0.05) is 38.2 Å². The van der Waals surface area contributed by atoms with Crippen LogP contribution in [-0.2, 0) is 18.3 Å². The first-order valence-corrected chi connectivity index (χ1v) is 10.5. The molecule has 0 spiro atoms. The number of benzene rings is 1. The van der Waals surface area contributed by atoms with Crippen molar-refractivity contribution in [2.24, 2.45) is 7.05 Å². The number of aryl methyl sites for hydroxylation is 1. The molecule has 2 aliphatic carbocycles. The predicted octanol–water partition coefficient (Wildman–Crippen LogP) is 4.79. The van der Waals surface area contributed by atoms with Crippen LogP contribution >= 0.6 is 0 Å². The Bertz CT molecular complexity index is 1170. The topological polar surface area (TPSA) is 49.0 Å². The van der Waals surface area contributed by atoms with Crippen molar-refractivity contribution in [3.63, 3.8) is 0 Å². The fraction of sp³-hybridized carbons (Fsp3) is 0.478. The molecule has 0 bridgehead atoms. The second-order valence-corrected chi connectivity index (χ2v) is 8.63. The minimum Gasteiger partial charge on any atom is -0.325 e. The average Bonchev–Trinajstić information content (AvgIpc) is 3.60. The standard InChI is InChI=1S/C23H25F2N3O2/c1-23(24,25)30-10-9-28-20-12-16(7-8-19(20)26-21(28)15-5-6-15)17-11-18(14-3-4-14)22(29)27(2)13-17/h7-8,11-15H,3-6,9-10H2,1-2H3. The predicted molar refractivity (Wildman–Crippen MR) is 111 cm³/mol. The summed E-state index contributed by atoms with van der Waals surface area (Å²) in [5.41, 5.74) is 4.69. The summed E-state index contributed by atoms with van der Waals surface area (Å²) in [7, 11) is 1.79. The number of halogens is 2. The van der Waals surface area contributed by atoms with Gasteiger partial charge in [0.15, 0.2) is 0 Å². The lowest BCUT2D eigenvalue weighted by atomic mass is 10.0. The molecule has 2 aromatic heterocycles. The van der Waals surface area contributed by atoms with Gasteiger partial charge in [-0.25, -0.2) is 4.98 Å². The smallest absolute Gasteiger partial charge is 0.325 e. The van der Waals surface area contributed by atoms with Gasteiger partial charge in [-0.3, -0.25) is 4.79 Å². The van der Waals surface area contributed by atoms with Crippen LogP contribution in [0.2, 0.25) is 0 Å². The van der Waals surface area contributed by atoms with Crippen molar-refractivity contribution in [3.8, 4) is 11.1 Å². The number of pyridine rings is 1. The number of hydrogen-bond acceptors (Lipinski definition) is 3. The number of aromatic nitrogens is 3. The van der Waals surface area contributed by atoms with Gasteiger partial charge in [-0.2, -0.15) is 8.78 Å². The molecule has 2 fully saturated rings. The third-order valence-corrected chi connectivity index (χ3v) is 5.95. The van der Waals surface area contributed by atoms with Crippen molar-refractivity contribution in [2.45, 2.75) is 57.1 Å². The number of nitrogens with zero attached hydrogens (tertiary/aromatic N) is 3. The van der Waals surface area contributed by atoms with Crippen molar-refractivity contribution in [1.29, 1.82) is 0 Å². The van der Waals surface area contributed by atoms with E-state index < -0.39 is 6.11 Å². The van der Waals surface area contributed by atoms with Gasteiger partial charge in [-0.05, 0) is 60.9 Å². The van der Waals surface area contributed by atoms with Crippen LogP contribution in [-0.4, -0.2) is 26.8 Å². The summed E-state index contributed by atoms with van der Waals surface area (Å²) in [5.74, 6) is 1.71. The summed E-state index contributed by atoms with van der Waals surface area (Å²) < 4.78 is 34.6. The molecule has 2 saturated carbocycles. The van der Waals surface area contributed by atoms with Crippen LogP contribution in [0.5, 0.6) is 0 Å². The SMILES string of the molecule is Cn1cc(-c2ccc3nc(C4CC4)n(CCOC(C)(F)F)c3c2)cc(C2CC2)c1=O. The molecule has 0 atom stereocenters. The molecule has 5 nitrogen and oxygen atoms in total. The third-order valence-electron chi connectivity index (χ3n) is 5.95. The Kier molecular flexibility index (Phi) is 4.54. The molecule has 2 aliphatic rings. The molecule has 30 heavy (non-hydrogen) atoms. The Morgan fingerprint density at radius 1 is 1.13 bits per heavy atom. The molecule has 3 aromatic rings. The highest BCUT2D eigenvalue weighted by Gasteiger charge is 2.30. The lowest BCUT2D eigenvalue weighted by Crippen LogP contribution is -2.20. The molecule has 2 heterocycles.